The van der Waals surface area contributed by atoms with E-state index >= 15 is 0 Å². The van der Waals surface area contributed by atoms with E-state index in [0.29, 0.717) is 12.8 Å². The van der Waals surface area contributed by atoms with Crippen molar-refractivity contribution < 1.29 is 13.2 Å². The lowest BCUT2D eigenvalue weighted by Gasteiger charge is -2.31. The molecule has 0 aromatic heterocycles. The Morgan fingerprint density at radius 1 is 1.00 bits per heavy atom. The van der Waals surface area contributed by atoms with Gasteiger partial charge in [0.05, 0.1) is 5.92 Å². The number of hydrogen-bond acceptors (Lipinski definition) is 1. The molecule has 1 saturated carbocycles. The Morgan fingerprint density at radius 2 is 1.63 bits per heavy atom. The van der Waals surface area contributed by atoms with Crippen LogP contribution in [0.3, 0.4) is 0 Å². The molecule has 1 aliphatic carbocycles. The lowest BCUT2D eigenvalue weighted by atomic mass is 9.85. The summed E-state index contributed by atoms with van der Waals surface area (Å²) in [6.07, 6.45) is -2.35. The number of halogens is 3. The van der Waals surface area contributed by atoms with E-state index in [1.54, 1.807) is 0 Å². The summed E-state index contributed by atoms with van der Waals surface area (Å²) in [5.74, 6) is -1.11. The van der Waals surface area contributed by atoms with Gasteiger partial charge in [-0.25, -0.2) is 0 Å². The van der Waals surface area contributed by atoms with E-state index in [4.69, 9.17) is 0 Å². The van der Waals surface area contributed by atoms with Crippen LogP contribution in [0.25, 0.3) is 0 Å². The van der Waals surface area contributed by atoms with Crippen LogP contribution >= 0.6 is 0 Å². The standard InChI is InChI=1S/C15H20F3N/c1-10-3-6-14(9-11(10)2)19-13-7-4-12(5-8-13)15(16,17)18/h3,6,9,12-13,19H,4-5,7-8H2,1-2H3. The SMILES string of the molecule is Cc1ccc(NC2CCC(C(F)(F)F)CC2)cc1C. The molecule has 1 fully saturated rings. The molecule has 4 heteroatoms. The molecule has 1 aliphatic rings. The molecule has 1 nitrogen and oxygen atoms in total. The molecular weight excluding hydrogens is 251 g/mol. The Morgan fingerprint density at radius 3 is 2.16 bits per heavy atom. The summed E-state index contributed by atoms with van der Waals surface area (Å²) >= 11 is 0. The van der Waals surface area contributed by atoms with Crippen molar-refractivity contribution in [1.29, 1.82) is 0 Å². The van der Waals surface area contributed by atoms with Gasteiger partial charge in [0.1, 0.15) is 0 Å². The molecule has 1 aromatic rings. The zero-order valence-corrected chi connectivity index (χ0v) is 11.3. The second-order valence-corrected chi connectivity index (χ2v) is 5.53. The maximum atomic E-state index is 12.6. The van der Waals surface area contributed by atoms with Gasteiger partial charge >= 0.3 is 6.18 Å². The fourth-order valence-electron chi connectivity index (χ4n) is 2.63. The monoisotopic (exact) mass is 271 g/mol. The quantitative estimate of drug-likeness (QED) is 0.811. The fraction of sp³-hybridized carbons (Fsp3) is 0.600. The first kappa shape index (κ1) is 14.2. The van der Waals surface area contributed by atoms with Gasteiger partial charge in [-0.15, -0.1) is 0 Å². The van der Waals surface area contributed by atoms with Gasteiger partial charge in [0.2, 0.25) is 0 Å². The van der Waals surface area contributed by atoms with Crippen LogP contribution in [-0.2, 0) is 0 Å². The largest absolute Gasteiger partial charge is 0.391 e. The first-order valence-corrected chi connectivity index (χ1v) is 6.77. The van der Waals surface area contributed by atoms with E-state index in [9.17, 15) is 13.2 Å². The van der Waals surface area contributed by atoms with Crippen molar-refractivity contribution in [3.63, 3.8) is 0 Å². The minimum absolute atomic E-state index is 0.167. The van der Waals surface area contributed by atoms with Gasteiger partial charge in [-0.2, -0.15) is 13.2 Å². The van der Waals surface area contributed by atoms with Gasteiger partial charge in [-0.3, -0.25) is 0 Å². The molecule has 1 aromatic carbocycles. The van der Waals surface area contributed by atoms with E-state index in [-0.39, 0.29) is 18.9 Å². The van der Waals surface area contributed by atoms with E-state index in [0.717, 1.165) is 5.69 Å². The van der Waals surface area contributed by atoms with Crippen LogP contribution in [0.5, 0.6) is 0 Å². The summed E-state index contributed by atoms with van der Waals surface area (Å²) in [7, 11) is 0. The summed E-state index contributed by atoms with van der Waals surface area (Å²) in [6, 6.07) is 6.27. The van der Waals surface area contributed by atoms with Crippen molar-refractivity contribution >= 4 is 5.69 Å². The maximum Gasteiger partial charge on any atom is 0.391 e. The topological polar surface area (TPSA) is 12.0 Å². The molecule has 0 amide bonds. The highest BCUT2D eigenvalue weighted by atomic mass is 19.4. The molecule has 19 heavy (non-hydrogen) atoms. The molecule has 2 rings (SSSR count). The summed E-state index contributed by atoms with van der Waals surface area (Å²) in [5.41, 5.74) is 3.44. The fourth-order valence-corrected chi connectivity index (χ4v) is 2.63. The zero-order valence-electron chi connectivity index (χ0n) is 11.3. The average molecular weight is 271 g/mol. The summed E-state index contributed by atoms with van der Waals surface area (Å²) < 4.78 is 37.7. The van der Waals surface area contributed by atoms with Crippen LogP contribution in [-0.4, -0.2) is 12.2 Å². The second-order valence-electron chi connectivity index (χ2n) is 5.53. The van der Waals surface area contributed by atoms with Gasteiger partial charge in [-0.1, -0.05) is 6.07 Å². The predicted octanol–water partition coefficient (Wildman–Crippen LogP) is 4.84. The Hall–Kier alpha value is -1.19. The summed E-state index contributed by atoms with van der Waals surface area (Å²) in [4.78, 5) is 0. The van der Waals surface area contributed by atoms with E-state index in [2.05, 4.69) is 11.4 Å². The summed E-state index contributed by atoms with van der Waals surface area (Å²) in [5, 5.41) is 3.35. The lowest BCUT2D eigenvalue weighted by Crippen LogP contribution is -2.32. The highest BCUT2D eigenvalue weighted by Gasteiger charge is 2.41. The van der Waals surface area contributed by atoms with Crippen LogP contribution in [0.15, 0.2) is 18.2 Å². The third-order valence-electron chi connectivity index (χ3n) is 4.07. The smallest absolute Gasteiger partial charge is 0.382 e. The lowest BCUT2D eigenvalue weighted by molar-refractivity contribution is -0.182. The van der Waals surface area contributed by atoms with Crippen LogP contribution in [0.2, 0.25) is 0 Å². The van der Waals surface area contributed by atoms with Gasteiger partial charge in [0, 0.05) is 11.7 Å². The number of anilines is 1. The Balaban J connectivity index is 1.90. The molecule has 0 aliphatic heterocycles. The normalized spacial score (nSPS) is 24.3. The number of hydrogen-bond donors (Lipinski definition) is 1. The molecule has 0 unspecified atom stereocenters. The third-order valence-corrected chi connectivity index (χ3v) is 4.07. The minimum Gasteiger partial charge on any atom is -0.382 e. The molecule has 0 heterocycles. The van der Waals surface area contributed by atoms with Crippen LogP contribution in [0.4, 0.5) is 18.9 Å². The number of aryl methyl sites for hydroxylation is 2. The third kappa shape index (κ3) is 3.64. The van der Waals surface area contributed by atoms with Gasteiger partial charge in [0.15, 0.2) is 0 Å². The first-order chi connectivity index (χ1) is 8.86. The molecule has 0 atom stereocenters. The number of alkyl halides is 3. The Kier molecular flexibility index (Phi) is 4.07. The number of rotatable bonds is 2. The Labute approximate surface area is 112 Å². The van der Waals surface area contributed by atoms with Gasteiger partial charge in [0.25, 0.3) is 0 Å². The Bertz CT molecular complexity index is 432. The van der Waals surface area contributed by atoms with Crippen molar-refractivity contribution in [2.75, 3.05) is 5.32 Å². The maximum absolute atomic E-state index is 12.6. The van der Waals surface area contributed by atoms with Crippen molar-refractivity contribution in [1.82, 2.24) is 0 Å². The van der Waals surface area contributed by atoms with Crippen LogP contribution in [0, 0.1) is 19.8 Å². The van der Waals surface area contributed by atoms with Crippen LogP contribution in [0.1, 0.15) is 36.8 Å². The number of nitrogens with one attached hydrogen (secondary N) is 1. The second kappa shape index (κ2) is 5.43. The first-order valence-electron chi connectivity index (χ1n) is 6.77. The van der Waals surface area contributed by atoms with Crippen LogP contribution < -0.4 is 5.32 Å². The van der Waals surface area contributed by atoms with Crippen molar-refractivity contribution in [2.24, 2.45) is 5.92 Å². The molecule has 0 saturated heterocycles. The van der Waals surface area contributed by atoms with Crippen molar-refractivity contribution in [3.8, 4) is 0 Å². The van der Waals surface area contributed by atoms with Gasteiger partial charge in [-0.05, 0) is 62.8 Å². The zero-order chi connectivity index (χ0) is 14.0. The van der Waals surface area contributed by atoms with Crippen molar-refractivity contribution in [2.45, 2.75) is 51.7 Å². The summed E-state index contributed by atoms with van der Waals surface area (Å²) in [6.45, 7) is 4.09. The number of benzene rings is 1. The average Bonchev–Trinajstić information content (AvgIpc) is 2.33. The molecular formula is C15H20F3N. The van der Waals surface area contributed by atoms with E-state index in [1.165, 1.54) is 11.1 Å². The molecule has 0 radical (unpaired) electrons. The predicted molar refractivity (Wildman–Crippen MR) is 71.3 cm³/mol. The van der Waals surface area contributed by atoms with Crippen molar-refractivity contribution in [3.05, 3.63) is 29.3 Å². The molecule has 106 valence electrons. The molecule has 0 bridgehead atoms. The minimum atomic E-state index is -4.02. The highest BCUT2D eigenvalue weighted by molar-refractivity contribution is 5.48. The van der Waals surface area contributed by atoms with Gasteiger partial charge < -0.3 is 5.32 Å². The van der Waals surface area contributed by atoms with E-state index in [1.807, 2.05) is 26.0 Å². The molecule has 1 N–H and O–H groups in total. The highest BCUT2D eigenvalue weighted by Crippen LogP contribution is 2.38. The van der Waals surface area contributed by atoms with E-state index < -0.39 is 12.1 Å². The molecule has 0 spiro atoms.